The summed E-state index contributed by atoms with van der Waals surface area (Å²) >= 11 is 3.81. The second kappa shape index (κ2) is 11.3. The SMILES string of the molecule is COCNC(=O)Nc1ccc(COO)cc1.N=C=S. The Labute approximate surface area is 116 Å². The van der Waals surface area contributed by atoms with Crippen LogP contribution in [0.2, 0.25) is 0 Å². The minimum atomic E-state index is -0.340. The Morgan fingerprint density at radius 1 is 1.47 bits per heavy atom. The maximum Gasteiger partial charge on any atom is 0.321 e. The molecule has 8 heteroatoms. The first-order valence-corrected chi connectivity index (χ1v) is 5.51. The zero-order valence-electron chi connectivity index (χ0n) is 10.3. The van der Waals surface area contributed by atoms with Gasteiger partial charge in [0.2, 0.25) is 0 Å². The fourth-order valence-corrected chi connectivity index (χ4v) is 1.07. The summed E-state index contributed by atoms with van der Waals surface area (Å²) in [5.74, 6) is 0. The summed E-state index contributed by atoms with van der Waals surface area (Å²) in [6.07, 6.45) is 0. The maximum absolute atomic E-state index is 11.2. The van der Waals surface area contributed by atoms with Gasteiger partial charge in [0.1, 0.15) is 13.3 Å². The lowest BCUT2D eigenvalue weighted by molar-refractivity contribution is -0.253. The zero-order chi connectivity index (χ0) is 14.5. The van der Waals surface area contributed by atoms with Crippen LogP contribution in [0.4, 0.5) is 10.5 Å². The number of ether oxygens (including phenoxy) is 1. The van der Waals surface area contributed by atoms with E-state index in [0.29, 0.717) is 5.69 Å². The molecule has 0 heterocycles. The van der Waals surface area contributed by atoms with Crippen LogP contribution < -0.4 is 10.6 Å². The van der Waals surface area contributed by atoms with E-state index in [9.17, 15) is 4.79 Å². The van der Waals surface area contributed by atoms with Crippen molar-refractivity contribution in [3.63, 3.8) is 0 Å². The summed E-state index contributed by atoms with van der Waals surface area (Å²) in [4.78, 5) is 15.2. The number of benzene rings is 1. The van der Waals surface area contributed by atoms with E-state index in [4.69, 9.17) is 10.7 Å². The molecule has 0 spiro atoms. The van der Waals surface area contributed by atoms with Crippen molar-refractivity contribution in [2.24, 2.45) is 0 Å². The summed E-state index contributed by atoms with van der Waals surface area (Å²) < 4.78 is 4.68. The fraction of sp³-hybridized carbons (Fsp3) is 0.273. The first-order valence-electron chi connectivity index (χ1n) is 5.10. The molecular weight excluding hydrogens is 270 g/mol. The van der Waals surface area contributed by atoms with Gasteiger partial charge in [-0.1, -0.05) is 12.1 Å². The van der Waals surface area contributed by atoms with Crippen LogP contribution in [0, 0.1) is 5.41 Å². The Balaban J connectivity index is 0.000000982. The predicted octanol–water partition coefficient (Wildman–Crippen LogP) is 2.07. The van der Waals surface area contributed by atoms with Gasteiger partial charge < -0.3 is 15.4 Å². The Morgan fingerprint density at radius 2 is 2.05 bits per heavy atom. The van der Waals surface area contributed by atoms with Gasteiger partial charge in [0.25, 0.3) is 0 Å². The van der Waals surface area contributed by atoms with Crippen molar-refractivity contribution in [2.45, 2.75) is 6.61 Å². The predicted molar refractivity (Wildman–Crippen MR) is 73.2 cm³/mol. The lowest BCUT2D eigenvalue weighted by Crippen LogP contribution is -2.30. The molecule has 7 nitrogen and oxygen atoms in total. The average Bonchev–Trinajstić information content (AvgIpc) is 2.40. The number of nitrogens with one attached hydrogen (secondary N) is 3. The number of hydrogen-bond donors (Lipinski definition) is 4. The largest absolute Gasteiger partial charge is 0.364 e. The van der Waals surface area contributed by atoms with Gasteiger partial charge >= 0.3 is 6.03 Å². The van der Waals surface area contributed by atoms with Crippen molar-refractivity contribution in [2.75, 3.05) is 19.2 Å². The van der Waals surface area contributed by atoms with Crippen molar-refractivity contribution >= 4 is 29.1 Å². The van der Waals surface area contributed by atoms with Gasteiger partial charge in [0, 0.05) is 12.8 Å². The van der Waals surface area contributed by atoms with Crippen LogP contribution in [-0.2, 0) is 16.2 Å². The summed E-state index contributed by atoms with van der Waals surface area (Å²) in [5, 5.41) is 20.7. The highest BCUT2D eigenvalue weighted by Crippen LogP contribution is 2.09. The zero-order valence-corrected chi connectivity index (χ0v) is 11.1. The molecule has 104 valence electrons. The van der Waals surface area contributed by atoms with Gasteiger partial charge in [-0.05, 0) is 29.9 Å². The van der Waals surface area contributed by atoms with E-state index in [2.05, 4.69) is 32.5 Å². The monoisotopic (exact) mass is 285 g/mol. The van der Waals surface area contributed by atoms with E-state index < -0.39 is 0 Å². The lowest BCUT2D eigenvalue weighted by atomic mass is 10.2. The molecule has 1 rings (SSSR count). The number of thiocarbonyl (C=S) groups is 1. The minimum Gasteiger partial charge on any atom is -0.364 e. The molecule has 0 fully saturated rings. The fourth-order valence-electron chi connectivity index (χ4n) is 1.07. The Hall–Kier alpha value is -1.83. The number of rotatable bonds is 5. The van der Waals surface area contributed by atoms with E-state index in [-0.39, 0.29) is 19.4 Å². The number of carbonyl (C=O) groups is 1. The number of amides is 2. The van der Waals surface area contributed by atoms with E-state index in [1.807, 2.05) is 0 Å². The molecule has 0 atom stereocenters. The third-order valence-corrected chi connectivity index (χ3v) is 1.82. The average molecular weight is 285 g/mol. The molecule has 0 aromatic heterocycles. The molecule has 2 amide bonds. The second-order valence-electron chi connectivity index (χ2n) is 3.14. The van der Waals surface area contributed by atoms with Crippen molar-refractivity contribution in [3.8, 4) is 0 Å². The van der Waals surface area contributed by atoms with E-state index >= 15 is 0 Å². The van der Waals surface area contributed by atoms with Gasteiger partial charge in [-0.15, -0.1) is 0 Å². The second-order valence-corrected chi connectivity index (χ2v) is 3.34. The third kappa shape index (κ3) is 8.83. The highest BCUT2D eigenvalue weighted by atomic mass is 32.1. The van der Waals surface area contributed by atoms with Gasteiger partial charge in [-0.3, -0.25) is 5.26 Å². The molecule has 19 heavy (non-hydrogen) atoms. The van der Waals surface area contributed by atoms with E-state index in [1.165, 1.54) is 7.11 Å². The lowest BCUT2D eigenvalue weighted by Gasteiger charge is -2.07. The van der Waals surface area contributed by atoms with Crippen LogP contribution in [0.1, 0.15) is 5.56 Å². The molecular formula is C11H15N3O4S. The Kier molecular flexibility index (Phi) is 10.2. The van der Waals surface area contributed by atoms with E-state index in [0.717, 1.165) is 5.56 Å². The molecule has 0 aliphatic heterocycles. The van der Waals surface area contributed by atoms with Crippen LogP contribution in [0.5, 0.6) is 0 Å². The highest BCUT2D eigenvalue weighted by molar-refractivity contribution is 7.78. The minimum absolute atomic E-state index is 0.121. The summed E-state index contributed by atoms with van der Waals surface area (Å²) in [7, 11) is 1.49. The van der Waals surface area contributed by atoms with Crippen LogP contribution in [0.25, 0.3) is 0 Å². The van der Waals surface area contributed by atoms with Crippen LogP contribution in [0.3, 0.4) is 0 Å². The summed E-state index contributed by atoms with van der Waals surface area (Å²) in [5.41, 5.74) is 1.46. The molecule has 0 unspecified atom stereocenters. The molecule has 0 radical (unpaired) electrons. The Bertz CT molecular complexity index is 405. The summed E-state index contributed by atoms with van der Waals surface area (Å²) in [6, 6.07) is 6.55. The van der Waals surface area contributed by atoms with Crippen molar-refractivity contribution in [1.29, 1.82) is 5.41 Å². The van der Waals surface area contributed by atoms with Crippen LogP contribution in [0.15, 0.2) is 24.3 Å². The molecule has 0 saturated carbocycles. The molecule has 0 bridgehead atoms. The maximum atomic E-state index is 11.2. The topological polar surface area (TPSA) is 104 Å². The molecule has 0 saturated heterocycles. The highest BCUT2D eigenvalue weighted by Gasteiger charge is 2.00. The van der Waals surface area contributed by atoms with Crippen molar-refractivity contribution < 1.29 is 19.7 Å². The number of urea groups is 1. The number of isothiocyanates is 1. The Morgan fingerprint density at radius 3 is 2.53 bits per heavy atom. The van der Waals surface area contributed by atoms with Gasteiger partial charge in [0.05, 0.1) is 5.16 Å². The van der Waals surface area contributed by atoms with Gasteiger partial charge in [-0.2, -0.15) is 0 Å². The normalized spacial score (nSPS) is 8.74. The number of carbonyl (C=O) groups excluding carboxylic acids is 1. The van der Waals surface area contributed by atoms with E-state index in [1.54, 1.807) is 29.4 Å². The molecule has 4 N–H and O–H groups in total. The number of anilines is 1. The van der Waals surface area contributed by atoms with Crippen LogP contribution >= 0.6 is 12.2 Å². The van der Waals surface area contributed by atoms with Crippen LogP contribution in [-0.4, -0.2) is 30.3 Å². The molecule has 1 aromatic rings. The third-order valence-electron chi connectivity index (χ3n) is 1.82. The summed E-state index contributed by atoms with van der Waals surface area (Å²) in [6.45, 7) is 0.276. The van der Waals surface area contributed by atoms with Crippen molar-refractivity contribution in [3.05, 3.63) is 29.8 Å². The molecule has 1 aromatic carbocycles. The quantitative estimate of drug-likeness (QED) is 0.218. The van der Waals surface area contributed by atoms with Gasteiger partial charge in [0.15, 0.2) is 0 Å². The van der Waals surface area contributed by atoms with Gasteiger partial charge in [-0.25, -0.2) is 15.1 Å². The standard InChI is InChI=1S/C10H14N2O4.CHNS/c1-15-7-11-10(13)12-9-4-2-8(3-5-9)6-16-14;2-1-3/h2-5,14H,6-7H2,1H3,(H2,11,12,13);2H. The smallest absolute Gasteiger partial charge is 0.321 e. The number of methoxy groups -OCH3 is 1. The number of hydrogen-bond acceptors (Lipinski definition) is 6. The molecule has 0 aliphatic rings. The first-order chi connectivity index (χ1) is 9.17. The first kappa shape index (κ1) is 17.2. The molecule has 0 aliphatic carbocycles. The van der Waals surface area contributed by atoms with Crippen molar-refractivity contribution in [1.82, 2.24) is 5.32 Å².